The molecule has 2 atom stereocenters. The van der Waals surface area contributed by atoms with Gasteiger partial charge in [0.2, 0.25) is 5.91 Å². The maximum atomic E-state index is 12.4. The molecule has 1 fully saturated rings. The third-order valence-corrected chi connectivity index (χ3v) is 5.72. The van der Waals surface area contributed by atoms with Gasteiger partial charge in [0.05, 0.1) is 6.54 Å². The Morgan fingerprint density at radius 3 is 2.75 bits per heavy atom. The van der Waals surface area contributed by atoms with E-state index in [0.29, 0.717) is 15.5 Å². The molecule has 1 aromatic heterocycles. The van der Waals surface area contributed by atoms with Gasteiger partial charge in [-0.05, 0) is 11.5 Å². The van der Waals surface area contributed by atoms with Crippen molar-refractivity contribution in [1.82, 2.24) is 9.96 Å². The van der Waals surface area contributed by atoms with Crippen molar-refractivity contribution in [2.75, 3.05) is 6.54 Å². The van der Waals surface area contributed by atoms with E-state index in [-0.39, 0.29) is 6.54 Å². The van der Waals surface area contributed by atoms with Crippen LogP contribution in [0.3, 0.4) is 0 Å². The van der Waals surface area contributed by atoms with Crippen molar-refractivity contribution < 1.29 is 26.8 Å². The first-order valence-electron chi connectivity index (χ1n) is 6.85. The highest BCUT2D eigenvalue weighted by Crippen LogP contribution is 2.50. The second-order valence-electron chi connectivity index (χ2n) is 5.46. The second-order valence-corrected chi connectivity index (χ2v) is 7.55. The molecule has 2 bridgehead atoms. The van der Waals surface area contributed by atoms with E-state index in [9.17, 15) is 18.0 Å². The lowest BCUT2D eigenvalue weighted by Crippen LogP contribution is -2.41. The zero-order valence-electron chi connectivity index (χ0n) is 11.9. The molecule has 0 spiro atoms. The van der Waals surface area contributed by atoms with E-state index >= 15 is 0 Å². The zero-order valence-corrected chi connectivity index (χ0v) is 13.6. The van der Waals surface area contributed by atoms with Crippen LogP contribution in [0, 0.1) is 0 Å². The number of fused-ring (bicyclic) bond motifs is 6. The highest BCUT2D eigenvalue weighted by Gasteiger charge is 2.53. The van der Waals surface area contributed by atoms with Crippen molar-refractivity contribution in [3.05, 3.63) is 34.7 Å². The van der Waals surface area contributed by atoms with E-state index in [1.165, 1.54) is 11.3 Å². The highest BCUT2D eigenvalue weighted by atomic mass is 32.3. The average Bonchev–Trinajstić information content (AvgIpc) is 2.99. The Labute approximate surface area is 140 Å². The van der Waals surface area contributed by atoms with Gasteiger partial charge in [0.25, 0.3) is 0 Å². The van der Waals surface area contributed by atoms with E-state index in [0.717, 1.165) is 15.0 Å². The Morgan fingerprint density at radius 2 is 2.08 bits per heavy atom. The molecule has 4 rings (SSSR count). The number of benzene rings is 1. The second kappa shape index (κ2) is 4.89. The molecule has 2 aromatic rings. The lowest BCUT2D eigenvalue weighted by Gasteiger charge is -2.28. The molecule has 2 aliphatic rings. The summed E-state index contributed by atoms with van der Waals surface area (Å²) in [6.45, 7) is 0.0434. The van der Waals surface area contributed by atoms with Crippen LogP contribution < -0.4 is 5.73 Å². The fourth-order valence-corrected chi connectivity index (χ4v) is 4.93. The first kappa shape index (κ1) is 15.3. The van der Waals surface area contributed by atoms with Crippen molar-refractivity contribution in [2.24, 2.45) is 5.73 Å². The lowest BCUT2D eigenvalue weighted by atomic mass is 9.95. The zero-order chi connectivity index (χ0) is 17.2. The summed E-state index contributed by atoms with van der Waals surface area (Å²) < 4.78 is 36.3. The smallest absolute Gasteiger partial charge is 0.368 e. The monoisotopic (exact) mass is 369 g/mol. The Bertz CT molecular complexity index is 985. The van der Waals surface area contributed by atoms with Crippen molar-refractivity contribution in [3.63, 3.8) is 0 Å². The largest absolute Gasteiger partial charge is 0.418 e. The molecule has 0 saturated carbocycles. The van der Waals surface area contributed by atoms with Crippen LogP contribution in [0.1, 0.15) is 22.5 Å². The van der Waals surface area contributed by atoms with Gasteiger partial charge in [0.1, 0.15) is 12.1 Å². The fraction of sp³-hybridized carbons (Fsp3) is 0.231. The van der Waals surface area contributed by atoms with Crippen LogP contribution in [-0.2, 0) is 19.5 Å². The number of carbonyl (C=O) groups excluding carboxylic acids is 2. The third-order valence-electron chi connectivity index (χ3n) is 4.08. The molecule has 3 heterocycles. The average molecular weight is 369 g/mol. The molecular formula is C13H11N3O6S2. The van der Waals surface area contributed by atoms with Crippen LogP contribution >= 0.6 is 11.3 Å². The number of nitrogens with zero attached hydrogens (tertiary/aromatic N) is 2. The number of hydroxylamine groups is 2. The van der Waals surface area contributed by atoms with Crippen molar-refractivity contribution in [3.8, 4) is 0 Å². The molecule has 2 unspecified atom stereocenters. The first-order valence-corrected chi connectivity index (χ1v) is 9.03. The maximum Gasteiger partial charge on any atom is 0.418 e. The van der Waals surface area contributed by atoms with Gasteiger partial charge in [-0.1, -0.05) is 18.2 Å². The number of nitrogens with two attached hydrogens (primary N) is 1. The van der Waals surface area contributed by atoms with Crippen LogP contribution in [0.5, 0.6) is 0 Å². The van der Waals surface area contributed by atoms with Gasteiger partial charge in [0, 0.05) is 15.1 Å². The first-order chi connectivity index (χ1) is 11.3. The van der Waals surface area contributed by atoms with Crippen molar-refractivity contribution >= 4 is 43.8 Å². The molecule has 11 heteroatoms. The molecule has 2 aliphatic heterocycles. The quantitative estimate of drug-likeness (QED) is 0.775. The molecule has 0 aliphatic carbocycles. The Morgan fingerprint density at radius 1 is 1.38 bits per heavy atom. The molecule has 1 saturated heterocycles. The summed E-state index contributed by atoms with van der Waals surface area (Å²) in [5, 5.41) is 1.35. The van der Waals surface area contributed by atoms with Gasteiger partial charge in [-0.2, -0.15) is 13.5 Å². The minimum Gasteiger partial charge on any atom is -0.368 e. The molecule has 24 heavy (non-hydrogen) atoms. The number of carbonyl (C=O) groups is 2. The standard InChI is InChI=1S/C13H11N3O6S2/c14-12(17)10-9-6-3-1-2-4-8(6)23-11(9)7-5-15(10)13(18)16(7)22-24(19,20)21/h1-4,7,10H,5H2,(H2,14,17)(H,19,20,21). The molecular weight excluding hydrogens is 358 g/mol. The summed E-state index contributed by atoms with van der Waals surface area (Å²) in [5.41, 5.74) is 6.07. The number of rotatable bonds is 3. The van der Waals surface area contributed by atoms with E-state index in [1.807, 2.05) is 18.2 Å². The van der Waals surface area contributed by atoms with Gasteiger partial charge < -0.3 is 10.6 Å². The molecule has 9 nitrogen and oxygen atoms in total. The van der Waals surface area contributed by atoms with E-state index in [1.54, 1.807) is 6.07 Å². The summed E-state index contributed by atoms with van der Waals surface area (Å²) in [4.78, 5) is 26.2. The topological polar surface area (TPSA) is 130 Å². The minimum atomic E-state index is -4.88. The number of hydrogen-bond donors (Lipinski definition) is 2. The van der Waals surface area contributed by atoms with E-state index in [2.05, 4.69) is 4.28 Å². The number of primary amides is 1. The van der Waals surface area contributed by atoms with Crippen molar-refractivity contribution in [2.45, 2.75) is 12.1 Å². The Kier molecular flexibility index (Phi) is 3.12. The summed E-state index contributed by atoms with van der Waals surface area (Å²) in [5.74, 6) is -0.722. The number of urea groups is 1. The third kappa shape index (κ3) is 2.09. The summed E-state index contributed by atoms with van der Waals surface area (Å²) in [7, 11) is -4.88. The molecule has 3 N–H and O–H groups in total. The predicted octanol–water partition coefficient (Wildman–Crippen LogP) is 0.954. The molecule has 126 valence electrons. The number of amides is 3. The number of thiophene rings is 1. The Balaban J connectivity index is 1.94. The van der Waals surface area contributed by atoms with Crippen molar-refractivity contribution in [1.29, 1.82) is 0 Å². The summed E-state index contributed by atoms with van der Waals surface area (Å²) in [6.07, 6.45) is 0. The lowest BCUT2D eigenvalue weighted by molar-refractivity contribution is -0.122. The SMILES string of the molecule is NC(=O)C1c2c(sc3ccccc23)C2CN1C(=O)N2OS(=O)(=O)O. The van der Waals surface area contributed by atoms with Gasteiger partial charge in [0.15, 0.2) is 0 Å². The van der Waals surface area contributed by atoms with Crippen LogP contribution in [0.25, 0.3) is 10.1 Å². The van der Waals surface area contributed by atoms with Gasteiger partial charge in [-0.25, -0.2) is 4.79 Å². The highest BCUT2D eigenvalue weighted by molar-refractivity contribution is 7.80. The van der Waals surface area contributed by atoms with Crippen LogP contribution in [-0.4, -0.2) is 41.4 Å². The summed E-state index contributed by atoms with van der Waals surface area (Å²) in [6, 6.07) is 4.69. The van der Waals surface area contributed by atoms with E-state index in [4.69, 9.17) is 10.3 Å². The maximum absolute atomic E-state index is 12.4. The molecule has 3 amide bonds. The fourth-order valence-electron chi connectivity index (χ4n) is 3.25. The molecule has 1 aromatic carbocycles. The predicted molar refractivity (Wildman–Crippen MR) is 83.1 cm³/mol. The van der Waals surface area contributed by atoms with Gasteiger partial charge in [-0.15, -0.1) is 15.6 Å². The normalized spacial score (nSPS) is 23.0. The Hall–Kier alpha value is -2.21. The summed E-state index contributed by atoms with van der Waals surface area (Å²) >= 11 is 1.33. The molecule has 0 radical (unpaired) electrons. The van der Waals surface area contributed by atoms with Crippen LogP contribution in [0.4, 0.5) is 4.79 Å². The number of hydrogen-bond acceptors (Lipinski definition) is 6. The van der Waals surface area contributed by atoms with Crippen LogP contribution in [0.15, 0.2) is 24.3 Å². The van der Waals surface area contributed by atoms with Crippen LogP contribution in [0.2, 0.25) is 0 Å². The van der Waals surface area contributed by atoms with Gasteiger partial charge in [-0.3, -0.25) is 9.35 Å². The van der Waals surface area contributed by atoms with Gasteiger partial charge >= 0.3 is 16.4 Å². The minimum absolute atomic E-state index is 0.0434. The van der Waals surface area contributed by atoms with E-state index < -0.39 is 34.4 Å².